The van der Waals surface area contributed by atoms with E-state index in [0.717, 1.165) is 17.6 Å². The molecular formula is C15H20O4. The van der Waals surface area contributed by atoms with Crippen LogP contribution in [0.25, 0.3) is 0 Å². The first-order chi connectivity index (χ1) is 8.92. The van der Waals surface area contributed by atoms with Crippen LogP contribution in [0.15, 0.2) is 23.3 Å². The number of esters is 1. The van der Waals surface area contributed by atoms with E-state index in [0.29, 0.717) is 6.42 Å². The molecule has 0 aromatic heterocycles. The van der Waals surface area contributed by atoms with Crippen LogP contribution in [0.2, 0.25) is 0 Å². The van der Waals surface area contributed by atoms with Crippen LogP contribution in [0.3, 0.4) is 0 Å². The Kier molecular flexibility index (Phi) is 5.67. The lowest BCUT2D eigenvalue weighted by atomic mass is 9.83. The first-order valence-corrected chi connectivity index (χ1v) is 6.49. The van der Waals surface area contributed by atoms with Crippen LogP contribution in [-0.2, 0) is 19.1 Å². The highest BCUT2D eigenvalue weighted by Gasteiger charge is 2.20. The van der Waals surface area contributed by atoms with Gasteiger partial charge in [-0.2, -0.15) is 0 Å². The van der Waals surface area contributed by atoms with Gasteiger partial charge in [0.15, 0.2) is 11.6 Å². The number of rotatable bonds is 5. The van der Waals surface area contributed by atoms with Crippen molar-refractivity contribution in [1.29, 1.82) is 0 Å². The van der Waals surface area contributed by atoms with Crippen LogP contribution in [-0.4, -0.2) is 24.1 Å². The van der Waals surface area contributed by atoms with Crippen molar-refractivity contribution >= 4 is 17.5 Å². The van der Waals surface area contributed by atoms with Crippen LogP contribution in [0.1, 0.15) is 40.0 Å². The Morgan fingerprint density at radius 3 is 2.68 bits per heavy atom. The first kappa shape index (κ1) is 15.3. The van der Waals surface area contributed by atoms with Crippen molar-refractivity contribution in [2.24, 2.45) is 5.92 Å². The molecule has 0 saturated heterocycles. The summed E-state index contributed by atoms with van der Waals surface area (Å²) in [6.07, 6.45) is 4.12. The average molecular weight is 264 g/mol. The van der Waals surface area contributed by atoms with Crippen molar-refractivity contribution in [3.63, 3.8) is 0 Å². The quantitative estimate of drug-likeness (QED) is 0.434. The molecule has 0 saturated carbocycles. The molecule has 0 aromatic carbocycles. The molecule has 0 unspecified atom stereocenters. The minimum Gasteiger partial charge on any atom is -0.466 e. The maximum absolute atomic E-state index is 11.7. The molecule has 1 aliphatic carbocycles. The van der Waals surface area contributed by atoms with Gasteiger partial charge in [-0.25, -0.2) is 0 Å². The summed E-state index contributed by atoms with van der Waals surface area (Å²) < 4.78 is 4.72. The van der Waals surface area contributed by atoms with Crippen molar-refractivity contribution < 1.29 is 19.1 Å². The number of hydrogen-bond acceptors (Lipinski definition) is 4. The molecule has 0 N–H and O–H groups in total. The van der Waals surface area contributed by atoms with Gasteiger partial charge in [0, 0.05) is 6.42 Å². The van der Waals surface area contributed by atoms with Gasteiger partial charge in [0.1, 0.15) is 6.42 Å². The predicted molar refractivity (Wildman–Crippen MR) is 71.5 cm³/mol. The van der Waals surface area contributed by atoms with Gasteiger partial charge in [0.25, 0.3) is 0 Å². The van der Waals surface area contributed by atoms with Gasteiger partial charge in [-0.15, -0.1) is 0 Å². The predicted octanol–water partition coefficient (Wildman–Crippen LogP) is 2.38. The van der Waals surface area contributed by atoms with Crippen LogP contribution in [0.4, 0.5) is 0 Å². The third-order valence-electron chi connectivity index (χ3n) is 3.08. The summed E-state index contributed by atoms with van der Waals surface area (Å²) in [5.74, 6) is -0.606. The largest absolute Gasteiger partial charge is 0.466 e. The number of carbonyl (C=O) groups is 3. The maximum Gasteiger partial charge on any atom is 0.313 e. The number of allylic oxidation sites excluding steroid dienone is 4. The molecule has 4 nitrogen and oxygen atoms in total. The Hall–Kier alpha value is -1.71. The molecular weight excluding hydrogens is 244 g/mol. The highest BCUT2D eigenvalue weighted by atomic mass is 16.5. The minimum atomic E-state index is -0.507. The molecule has 0 heterocycles. The fourth-order valence-electron chi connectivity index (χ4n) is 2.20. The number of ketones is 2. The number of hydrogen-bond donors (Lipinski definition) is 0. The minimum absolute atomic E-state index is 0.0728. The van der Waals surface area contributed by atoms with Crippen molar-refractivity contribution in [2.75, 3.05) is 6.61 Å². The standard InChI is InChI=1S/C15H20O4/c1-4-19-15(18)9-14(17)7-11(3)12-5-10(2)6-13(16)8-12/h6-7,12H,4-5,8-9H2,1-3H3/b11-7-/t12-/m1/s1. The van der Waals surface area contributed by atoms with E-state index in [1.54, 1.807) is 13.0 Å². The summed E-state index contributed by atoms with van der Waals surface area (Å²) in [6.45, 7) is 5.72. The lowest BCUT2D eigenvalue weighted by Gasteiger charge is -2.20. The van der Waals surface area contributed by atoms with Gasteiger partial charge in [-0.3, -0.25) is 14.4 Å². The van der Waals surface area contributed by atoms with E-state index in [1.165, 1.54) is 6.08 Å². The average Bonchev–Trinajstić information content (AvgIpc) is 2.27. The van der Waals surface area contributed by atoms with E-state index in [9.17, 15) is 14.4 Å². The Balaban J connectivity index is 2.61. The van der Waals surface area contributed by atoms with E-state index < -0.39 is 5.97 Å². The number of carbonyl (C=O) groups excluding carboxylic acids is 3. The molecule has 0 fully saturated rings. The molecule has 104 valence electrons. The molecule has 0 aliphatic heterocycles. The molecule has 1 atom stereocenters. The zero-order valence-electron chi connectivity index (χ0n) is 11.7. The van der Waals surface area contributed by atoms with Crippen LogP contribution in [0.5, 0.6) is 0 Å². The monoisotopic (exact) mass is 264 g/mol. The lowest BCUT2D eigenvalue weighted by Crippen LogP contribution is -2.16. The van der Waals surface area contributed by atoms with Gasteiger partial charge in [0.05, 0.1) is 6.61 Å². The third-order valence-corrected chi connectivity index (χ3v) is 3.08. The zero-order chi connectivity index (χ0) is 14.4. The SMILES string of the molecule is CCOC(=O)CC(=O)/C=C(/C)[C@H]1CC(=O)C=C(C)C1. The third kappa shape index (κ3) is 5.20. The summed E-state index contributed by atoms with van der Waals surface area (Å²) in [7, 11) is 0. The highest BCUT2D eigenvalue weighted by Crippen LogP contribution is 2.27. The summed E-state index contributed by atoms with van der Waals surface area (Å²) in [5.41, 5.74) is 1.89. The molecule has 1 rings (SSSR count). The van der Waals surface area contributed by atoms with E-state index >= 15 is 0 Å². The van der Waals surface area contributed by atoms with Crippen molar-refractivity contribution in [3.8, 4) is 0 Å². The first-order valence-electron chi connectivity index (χ1n) is 6.49. The second-order valence-electron chi connectivity index (χ2n) is 4.90. The molecule has 0 aromatic rings. The van der Waals surface area contributed by atoms with Crippen molar-refractivity contribution in [2.45, 2.75) is 40.0 Å². The molecule has 0 spiro atoms. The zero-order valence-corrected chi connectivity index (χ0v) is 11.7. The topological polar surface area (TPSA) is 60.4 Å². The second-order valence-corrected chi connectivity index (χ2v) is 4.90. The maximum atomic E-state index is 11.7. The van der Waals surface area contributed by atoms with Crippen LogP contribution < -0.4 is 0 Å². The van der Waals surface area contributed by atoms with Gasteiger partial charge < -0.3 is 4.74 Å². The molecule has 0 bridgehead atoms. The Morgan fingerprint density at radius 2 is 2.11 bits per heavy atom. The fourth-order valence-corrected chi connectivity index (χ4v) is 2.20. The van der Waals surface area contributed by atoms with Gasteiger partial charge in [-0.1, -0.05) is 11.1 Å². The van der Waals surface area contributed by atoms with E-state index in [-0.39, 0.29) is 30.5 Å². The van der Waals surface area contributed by atoms with E-state index in [1.807, 2.05) is 13.8 Å². The van der Waals surface area contributed by atoms with Crippen LogP contribution >= 0.6 is 0 Å². The summed E-state index contributed by atoms with van der Waals surface area (Å²) in [4.78, 5) is 34.3. The van der Waals surface area contributed by atoms with E-state index in [4.69, 9.17) is 4.74 Å². The summed E-state index contributed by atoms with van der Waals surface area (Å²) in [5, 5.41) is 0. The van der Waals surface area contributed by atoms with Gasteiger partial charge in [0.2, 0.25) is 0 Å². The van der Waals surface area contributed by atoms with Gasteiger partial charge >= 0.3 is 5.97 Å². The van der Waals surface area contributed by atoms with Crippen molar-refractivity contribution in [3.05, 3.63) is 23.3 Å². The van der Waals surface area contributed by atoms with E-state index in [2.05, 4.69) is 0 Å². The molecule has 0 amide bonds. The molecule has 19 heavy (non-hydrogen) atoms. The second kappa shape index (κ2) is 7.02. The molecule has 4 heteroatoms. The Bertz CT molecular complexity index is 443. The molecule has 0 radical (unpaired) electrons. The van der Waals surface area contributed by atoms with Gasteiger partial charge in [-0.05, 0) is 45.3 Å². The summed E-state index contributed by atoms with van der Waals surface area (Å²) in [6, 6.07) is 0. The Labute approximate surface area is 113 Å². The normalized spacial score (nSPS) is 19.9. The van der Waals surface area contributed by atoms with Crippen molar-refractivity contribution in [1.82, 2.24) is 0 Å². The summed E-state index contributed by atoms with van der Waals surface area (Å²) >= 11 is 0. The molecule has 1 aliphatic rings. The lowest BCUT2D eigenvalue weighted by molar-refractivity contribution is -0.144. The Morgan fingerprint density at radius 1 is 1.42 bits per heavy atom. The van der Waals surface area contributed by atoms with Crippen LogP contribution in [0, 0.1) is 5.92 Å². The smallest absolute Gasteiger partial charge is 0.313 e. The fraction of sp³-hybridized carbons (Fsp3) is 0.533. The number of ether oxygens (including phenoxy) is 1. The highest BCUT2D eigenvalue weighted by molar-refractivity contribution is 6.02.